The van der Waals surface area contributed by atoms with Crippen molar-refractivity contribution < 1.29 is 0 Å². The Hall–Kier alpha value is 0. The van der Waals surface area contributed by atoms with Gasteiger partial charge in [0.05, 0.1) is 0 Å². The normalized spacial score (nSPS) is 13.1. The molecule has 0 aliphatic carbocycles. The van der Waals surface area contributed by atoms with Crippen LogP contribution in [0.4, 0.5) is 0 Å². The molecular formula is C14H29. The average molecular weight is 197 g/mol. The van der Waals surface area contributed by atoms with E-state index in [-0.39, 0.29) is 0 Å². The van der Waals surface area contributed by atoms with Crippen LogP contribution in [0.25, 0.3) is 0 Å². The number of hydrogen-bond donors (Lipinski definition) is 0. The largest absolute Gasteiger partial charge is 0.0654 e. The van der Waals surface area contributed by atoms with Crippen LogP contribution in [-0.2, 0) is 0 Å². The molecular weight excluding hydrogens is 168 g/mol. The summed E-state index contributed by atoms with van der Waals surface area (Å²) < 4.78 is 0. The van der Waals surface area contributed by atoms with Crippen LogP contribution in [-0.4, -0.2) is 0 Å². The first kappa shape index (κ1) is 14.0. The van der Waals surface area contributed by atoms with Crippen LogP contribution >= 0.6 is 0 Å². The Morgan fingerprint density at radius 1 is 0.857 bits per heavy atom. The zero-order chi connectivity index (χ0) is 10.6. The Morgan fingerprint density at radius 2 is 1.50 bits per heavy atom. The number of unbranched alkanes of at least 4 members (excludes halogenated alkanes) is 6. The molecule has 0 spiro atoms. The van der Waals surface area contributed by atoms with Gasteiger partial charge in [0.15, 0.2) is 0 Å². The molecule has 0 rings (SSSR count). The third kappa shape index (κ3) is 10.1. The Bertz CT molecular complexity index is 96.2. The van der Waals surface area contributed by atoms with E-state index in [1.807, 2.05) is 0 Å². The predicted octanol–water partition coefficient (Wildman–Crippen LogP) is 5.38. The van der Waals surface area contributed by atoms with Gasteiger partial charge < -0.3 is 0 Å². The maximum absolute atomic E-state index is 2.49. The minimum absolute atomic E-state index is 0.848. The van der Waals surface area contributed by atoms with E-state index >= 15 is 0 Å². The number of rotatable bonds is 10. The highest BCUT2D eigenvalue weighted by Gasteiger charge is 2.00. The topological polar surface area (TPSA) is 0 Å². The molecule has 0 saturated heterocycles. The van der Waals surface area contributed by atoms with Crippen LogP contribution in [0, 0.1) is 12.3 Å². The van der Waals surface area contributed by atoms with Gasteiger partial charge in [-0.25, -0.2) is 0 Å². The van der Waals surface area contributed by atoms with Crippen LogP contribution in [0.3, 0.4) is 0 Å². The van der Waals surface area contributed by atoms with E-state index in [1.165, 1.54) is 57.8 Å². The van der Waals surface area contributed by atoms with Crippen molar-refractivity contribution in [2.75, 3.05) is 0 Å². The molecule has 14 heavy (non-hydrogen) atoms. The van der Waals surface area contributed by atoms with Crippen molar-refractivity contribution in [2.45, 2.75) is 78.6 Å². The molecule has 0 heterocycles. The zero-order valence-corrected chi connectivity index (χ0v) is 10.5. The maximum Gasteiger partial charge on any atom is -0.0358 e. The van der Waals surface area contributed by atoms with E-state index in [0.29, 0.717) is 0 Å². The fraction of sp³-hybridized carbons (Fsp3) is 0.929. The lowest BCUT2D eigenvalue weighted by atomic mass is 9.97. The van der Waals surface area contributed by atoms with Gasteiger partial charge in [0.1, 0.15) is 0 Å². The molecule has 0 amide bonds. The van der Waals surface area contributed by atoms with Gasteiger partial charge in [-0.05, 0) is 12.3 Å². The summed E-state index contributed by atoms with van der Waals surface area (Å²) >= 11 is 0. The summed E-state index contributed by atoms with van der Waals surface area (Å²) in [6.07, 6.45) is 15.1. The van der Waals surface area contributed by atoms with Crippen molar-refractivity contribution in [3.8, 4) is 0 Å². The number of hydrogen-bond acceptors (Lipinski definition) is 0. The molecule has 0 aromatic rings. The Morgan fingerprint density at radius 3 is 2.14 bits per heavy atom. The van der Waals surface area contributed by atoms with Gasteiger partial charge >= 0.3 is 0 Å². The van der Waals surface area contributed by atoms with Crippen LogP contribution in [0.2, 0.25) is 0 Å². The lowest BCUT2D eigenvalue weighted by molar-refractivity contribution is 0.513. The fourth-order valence-corrected chi connectivity index (χ4v) is 1.82. The van der Waals surface area contributed by atoms with E-state index in [2.05, 4.69) is 27.2 Å². The summed E-state index contributed by atoms with van der Waals surface area (Å²) in [5.41, 5.74) is 0. The molecule has 0 aromatic carbocycles. The second-order valence-corrected chi connectivity index (χ2v) is 4.56. The Kier molecular flexibility index (Phi) is 11.1. The van der Waals surface area contributed by atoms with Crippen LogP contribution in [0.5, 0.6) is 0 Å². The molecule has 0 aliphatic rings. The van der Waals surface area contributed by atoms with Crippen LogP contribution < -0.4 is 0 Å². The quantitative estimate of drug-likeness (QED) is 0.413. The fourth-order valence-electron chi connectivity index (χ4n) is 1.82. The van der Waals surface area contributed by atoms with Crippen LogP contribution in [0.15, 0.2) is 0 Å². The Labute approximate surface area is 91.5 Å². The molecule has 0 aromatic heterocycles. The van der Waals surface area contributed by atoms with Crippen molar-refractivity contribution in [1.29, 1.82) is 0 Å². The highest BCUT2D eigenvalue weighted by Crippen LogP contribution is 2.15. The zero-order valence-electron chi connectivity index (χ0n) is 10.5. The monoisotopic (exact) mass is 197 g/mol. The first-order valence-corrected chi connectivity index (χ1v) is 6.64. The van der Waals surface area contributed by atoms with Crippen molar-refractivity contribution >= 4 is 0 Å². The molecule has 0 heteroatoms. The van der Waals surface area contributed by atoms with Crippen LogP contribution in [0.1, 0.15) is 78.6 Å². The van der Waals surface area contributed by atoms with Gasteiger partial charge in [0.25, 0.3) is 0 Å². The molecule has 1 unspecified atom stereocenters. The highest BCUT2D eigenvalue weighted by atomic mass is 14.1. The molecule has 1 atom stereocenters. The maximum atomic E-state index is 2.49. The van der Waals surface area contributed by atoms with E-state index in [9.17, 15) is 0 Å². The highest BCUT2D eigenvalue weighted by molar-refractivity contribution is 4.71. The van der Waals surface area contributed by atoms with Gasteiger partial charge in [0.2, 0.25) is 0 Å². The lowest BCUT2D eigenvalue weighted by Crippen LogP contribution is -1.95. The van der Waals surface area contributed by atoms with Crippen molar-refractivity contribution in [1.82, 2.24) is 0 Å². The SMILES string of the molecule is CCC[CH]C(C)CCCCCCCC. The van der Waals surface area contributed by atoms with E-state index in [0.717, 1.165) is 5.92 Å². The molecule has 0 fully saturated rings. The molecule has 0 saturated carbocycles. The molecule has 1 radical (unpaired) electrons. The molecule has 0 nitrogen and oxygen atoms in total. The summed E-state index contributed by atoms with van der Waals surface area (Å²) in [7, 11) is 0. The molecule has 85 valence electrons. The van der Waals surface area contributed by atoms with E-state index in [1.54, 1.807) is 0 Å². The average Bonchev–Trinajstić information content (AvgIpc) is 2.20. The summed E-state index contributed by atoms with van der Waals surface area (Å²) in [5.74, 6) is 0.848. The Balaban J connectivity index is 3.02. The molecule has 0 N–H and O–H groups in total. The summed E-state index contributed by atoms with van der Waals surface area (Å²) in [6, 6.07) is 0. The second-order valence-electron chi connectivity index (χ2n) is 4.56. The van der Waals surface area contributed by atoms with E-state index in [4.69, 9.17) is 0 Å². The van der Waals surface area contributed by atoms with Gasteiger partial charge in [-0.1, -0.05) is 78.6 Å². The third-order valence-corrected chi connectivity index (χ3v) is 2.87. The summed E-state index contributed by atoms with van der Waals surface area (Å²) in [6.45, 7) is 6.90. The van der Waals surface area contributed by atoms with Gasteiger partial charge in [0, 0.05) is 0 Å². The van der Waals surface area contributed by atoms with Gasteiger partial charge in [-0.3, -0.25) is 0 Å². The van der Waals surface area contributed by atoms with Crippen molar-refractivity contribution in [2.24, 2.45) is 5.92 Å². The summed E-state index contributed by atoms with van der Waals surface area (Å²) in [4.78, 5) is 0. The lowest BCUT2D eigenvalue weighted by Gasteiger charge is -2.09. The van der Waals surface area contributed by atoms with E-state index < -0.39 is 0 Å². The van der Waals surface area contributed by atoms with Gasteiger partial charge in [-0.2, -0.15) is 0 Å². The molecule has 0 aliphatic heterocycles. The standard InChI is InChI=1S/C14H29/c1-4-6-8-9-10-11-13-14(3)12-7-5-2/h12,14H,4-11,13H2,1-3H3. The smallest absolute Gasteiger partial charge is 0.0358 e. The minimum Gasteiger partial charge on any atom is -0.0654 e. The third-order valence-electron chi connectivity index (χ3n) is 2.87. The summed E-state index contributed by atoms with van der Waals surface area (Å²) in [5, 5.41) is 0. The predicted molar refractivity (Wildman–Crippen MR) is 66.4 cm³/mol. The van der Waals surface area contributed by atoms with Crippen molar-refractivity contribution in [3.63, 3.8) is 0 Å². The van der Waals surface area contributed by atoms with Gasteiger partial charge in [-0.15, -0.1) is 0 Å². The first-order chi connectivity index (χ1) is 6.81. The molecule has 0 bridgehead atoms. The van der Waals surface area contributed by atoms with Crippen molar-refractivity contribution in [3.05, 3.63) is 6.42 Å². The minimum atomic E-state index is 0.848. The first-order valence-electron chi connectivity index (χ1n) is 6.64. The second kappa shape index (κ2) is 11.1.